The van der Waals surface area contributed by atoms with Gasteiger partial charge < -0.3 is 24.3 Å². The Labute approximate surface area is 290 Å². The molecule has 4 heterocycles. The fraction of sp³-hybridized carbons (Fsp3) is 0.395. The summed E-state index contributed by atoms with van der Waals surface area (Å²) in [6.07, 6.45) is 8.47. The first-order chi connectivity index (χ1) is 23.6. The highest BCUT2D eigenvalue weighted by molar-refractivity contribution is 7.17. The number of alkyl carbamates (subject to hydrolysis) is 1. The molecule has 4 aromatic heterocycles. The van der Waals surface area contributed by atoms with Gasteiger partial charge in [0.1, 0.15) is 16.9 Å². The number of carbonyl (C=O) groups excluding carboxylic acids is 2. The van der Waals surface area contributed by atoms with Crippen molar-refractivity contribution in [3.05, 3.63) is 71.6 Å². The first-order valence-electron chi connectivity index (χ1n) is 17.0. The molecule has 2 aromatic carbocycles. The third-order valence-corrected chi connectivity index (χ3v) is 9.29. The summed E-state index contributed by atoms with van der Waals surface area (Å²) >= 11 is 1.71. The van der Waals surface area contributed by atoms with Crippen molar-refractivity contribution in [1.82, 2.24) is 29.8 Å². The van der Waals surface area contributed by atoms with Gasteiger partial charge in [0.05, 0.1) is 12.0 Å². The van der Waals surface area contributed by atoms with E-state index in [4.69, 9.17) is 24.4 Å². The Morgan fingerprint density at radius 2 is 1.84 bits per heavy atom. The quantitative estimate of drug-likeness (QED) is 0.0709. The number of hydrogen-bond acceptors (Lipinski definition) is 8. The van der Waals surface area contributed by atoms with E-state index in [-0.39, 0.29) is 12.0 Å². The molecule has 0 unspecified atom stereocenters. The van der Waals surface area contributed by atoms with E-state index < -0.39 is 11.7 Å². The lowest BCUT2D eigenvalue weighted by Crippen LogP contribution is -2.33. The van der Waals surface area contributed by atoms with Crippen LogP contribution in [-0.2, 0) is 22.4 Å². The second-order valence-corrected chi connectivity index (χ2v) is 14.6. The average Bonchev–Trinajstić information content (AvgIpc) is 3.79. The van der Waals surface area contributed by atoms with E-state index in [1.54, 1.807) is 11.3 Å². The predicted molar refractivity (Wildman–Crippen MR) is 195 cm³/mol. The third kappa shape index (κ3) is 8.28. The molecule has 0 aliphatic carbocycles. The van der Waals surface area contributed by atoms with E-state index in [2.05, 4.69) is 58.4 Å². The minimum Gasteiger partial charge on any atom is -0.444 e. The van der Waals surface area contributed by atoms with E-state index in [9.17, 15) is 9.59 Å². The van der Waals surface area contributed by atoms with Crippen molar-refractivity contribution in [3.8, 4) is 17.1 Å². The van der Waals surface area contributed by atoms with Gasteiger partial charge in [-0.05, 0) is 96.6 Å². The Hall–Kier alpha value is -4.77. The normalized spacial score (nSPS) is 12.0. The molecule has 49 heavy (non-hydrogen) atoms. The summed E-state index contributed by atoms with van der Waals surface area (Å²) < 4.78 is 14.3. The van der Waals surface area contributed by atoms with Crippen LogP contribution in [0.1, 0.15) is 84.0 Å². The number of fused-ring (bicyclic) bond motifs is 3. The van der Waals surface area contributed by atoms with E-state index in [1.807, 2.05) is 51.5 Å². The van der Waals surface area contributed by atoms with Crippen molar-refractivity contribution in [3.63, 3.8) is 0 Å². The average molecular weight is 681 g/mol. The molecular formula is C38H44N6O4S. The highest BCUT2D eigenvalue weighted by Crippen LogP contribution is 2.34. The van der Waals surface area contributed by atoms with E-state index in [0.717, 1.165) is 82.2 Å². The number of thiophene rings is 1. The molecule has 0 radical (unpaired) electrons. The Morgan fingerprint density at radius 3 is 2.65 bits per heavy atom. The lowest BCUT2D eigenvalue weighted by molar-refractivity contribution is -0.134. The molecule has 6 rings (SSSR count). The fourth-order valence-corrected chi connectivity index (χ4v) is 6.87. The first kappa shape index (κ1) is 34.1. The SMILES string of the molecule is CC(C)n1cnc2c(CCCc3c[nH]c4ccc(OC(=O)CCCCCNC(=O)OC(C)(C)C)cc34)nc(-c3csc4ccccc34)nc21. The Bertz CT molecular complexity index is 2090. The molecule has 256 valence electrons. The van der Waals surface area contributed by atoms with Crippen molar-refractivity contribution in [1.29, 1.82) is 0 Å². The van der Waals surface area contributed by atoms with Crippen LogP contribution in [0.25, 0.3) is 43.5 Å². The molecule has 0 atom stereocenters. The first-order valence-corrected chi connectivity index (χ1v) is 17.9. The summed E-state index contributed by atoms with van der Waals surface area (Å²) in [6.45, 7) is 10.3. The largest absolute Gasteiger partial charge is 0.444 e. The zero-order valence-corrected chi connectivity index (χ0v) is 29.7. The molecule has 0 saturated carbocycles. The number of benzene rings is 2. The highest BCUT2D eigenvalue weighted by atomic mass is 32.1. The molecule has 0 aliphatic heterocycles. The number of aryl methyl sites for hydroxylation is 2. The van der Waals surface area contributed by atoms with Crippen LogP contribution in [0.4, 0.5) is 4.79 Å². The summed E-state index contributed by atoms with van der Waals surface area (Å²) in [4.78, 5) is 42.6. The van der Waals surface area contributed by atoms with Gasteiger partial charge in [0.2, 0.25) is 0 Å². The van der Waals surface area contributed by atoms with Gasteiger partial charge in [-0.2, -0.15) is 0 Å². The Balaban J connectivity index is 1.08. The van der Waals surface area contributed by atoms with Gasteiger partial charge in [0.15, 0.2) is 11.5 Å². The molecule has 10 nitrogen and oxygen atoms in total. The molecule has 1 amide bonds. The van der Waals surface area contributed by atoms with Crippen molar-refractivity contribution in [2.75, 3.05) is 6.54 Å². The zero-order valence-electron chi connectivity index (χ0n) is 28.8. The predicted octanol–water partition coefficient (Wildman–Crippen LogP) is 8.94. The second kappa shape index (κ2) is 14.8. The number of nitrogens with one attached hydrogen (secondary N) is 2. The smallest absolute Gasteiger partial charge is 0.407 e. The fourth-order valence-electron chi connectivity index (χ4n) is 5.93. The Kier molecular flexibility index (Phi) is 10.3. The van der Waals surface area contributed by atoms with Crippen LogP contribution >= 0.6 is 11.3 Å². The van der Waals surface area contributed by atoms with Crippen LogP contribution in [0.5, 0.6) is 5.75 Å². The number of rotatable bonds is 13. The van der Waals surface area contributed by atoms with Crippen LogP contribution < -0.4 is 10.1 Å². The number of unbranched alkanes of at least 4 members (excludes halogenated alkanes) is 2. The highest BCUT2D eigenvalue weighted by Gasteiger charge is 2.19. The zero-order chi connectivity index (χ0) is 34.5. The number of amides is 1. The van der Waals surface area contributed by atoms with Gasteiger partial charge in [-0.25, -0.2) is 19.7 Å². The van der Waals surface area contributed by atoms with Crippen molar-refractivity contribution >= 4 is 55.6 Å². The van der Waals surface area contributed by atoms with Crippen molar-refractivity contribution in [2.24, 2.45) is 0 Å². The molecule has 0 spiro atoms. The van der Waals surface area contributed by atoms with E-state index in [1.165, 1.54) is 4.70 Å². The van der Waals surface area contributed by atoms with Gasteiger partial charge in [-0.1, -0.05) is 24.6 Å². The van der Waals surface area contributed by atoms with Crippen LogP contribution in [0.3, 0.4) is 0 Å². The number of H-pyrrole nitrogens is 1. The number of aromatic nitrogens is 5. The molecule has 6 aromatic rings. The van der Waals surface area contributed by atoms with Gasteiger partial charge >= 0.3 is 12.1 Å². The second-order valence-electron chi connectivity index (χ2n) is 13.6. The maximum atomic E-state index is 12.6. The van der Waals surface area contributed by atoms with Crippen LogP contribution in [0, 0.1) is 0 Å². The van der Waals surface area contributed by atoms with E-state index >= 15 is 0 Å². The van der Waals surface area contributed by atoms with Gasteiger partial charge in [0.25, 0.3) is 0 Å². The molecule has 11 heteroatoms. The number of aromatic amines is 1. The minimum atomic E-state index is -0.521. The summed E-state index contributed by atoms with van der Waals surface area (Å²) in [5, 5.41) is 7.10. The number of esters is 1. The number of hydrogen-bond donors (Lipinski definition) is 2. The third-order valence-electron chi connectivity index (χ3n) is 8.33. The topological polar surface area (TPSA) is 124 Å². The van der Waals surface area contributed by atoms with Crippen molar-refractivity contribution in [2.45, 2.75) is 91.2 Å². The van der Waals surface area contributed by atoms with Gasteiger partial charge in [-0.15, -0.1) is 11.3 Å². The van der Waals surface area contributed by atoms with Crippen LogP contribution in [-0.4, -0.2) is 48.7 Å². The van der Waals surface area contributed by atoms with E-state index in [0.29, 0.717) is 25.1 Å². The summed E-state index contributed by atoms with van der Waals surface area (Å²) in [5.74, 6) is 1.01. The maximum absolute atomic E-state index is 12.6. The lowest BCUT2D eigenvalue weighted by Gasteiger charge is -2.19. The molecule has 0 aliphatic rings. The molecule has 0 bridgehead atoms. The van der Waals surface area contributed by atoms with Gasteiger partial charge in [0, 0.05) is 57.1 Å². The number of imidazole rings is 1. The number of carbonyl (C=O) groups is 2. The van der Waals surface area contributed by atoms with Crippen molar-refractivity contribution < 1.29 is 19.1 Å². The molecule has 2 N–H and O–H groups in total. The number of ether oxygens (including phenoxy) is 2. The molecular weight excluding hydrogens is 637 g/mol. The molecule has 0 fully saturated rings. The summed E-state index contributed by atoms with van der Waals surface area (Å²) in [7, 11) is 0. The lowest BCUT2D eigenvalue weighted by atomic mass is 10.1. The minimum absolute atomic E-state index is 0.224. The Morgan fingerprint density at radius 1 is 1.00 bits per heavy atom. The van der Waals surface area contributed by atoms with Crippen LogP contribution in [0.2, 0.25) is 0 Å². The summed E-state index contributed by atoms with van der Waals surface area (Å²) in [6, 6.07) is 14.3. The maximum Gasteiger partial charge on any atom is 0.407 e. The molecule has 0 saturated heterocycles. The number of nitrogens with zero attached hydrogens (tertiary/aromatic N) is 4. The van der Waals surface area contributed by atoms with Gasteiger partial charge in [-0.3, -0.25) is 4.79 Å². The monoisotopic (exact) mass is 680 g/mol. The standard InChI is InChI=1S/C38H44N6O4S/c1-24(2)44-23-41-34-31(42-35(43-36(34)44)29-22-49-32-15-9-8-13-27(29)32)14-11-12-25-21-40-30-18-17-26(20-28(25)30)47-33(45)16-7-6-10-19-39-37(46)48-38(3,4)5/h8-9,13,15,17-18,20-24,40H,6-7,10-12,14,16,19H2,1-5H3,(H,39,46). The van der Waals surface area contributed by atoms with Crippen LogP contribution in [0.15, 0.2) is 60.4 Å². The summed E-state index contributed by atoms with van der Waals surface area (Å²) in [5.41, 5.74) is 5.35.